The van der Waals surface area contributed by atoms with Gasteiger partial charge in [0.15, 0.2) is 0 Å². The van der Waals surface area contributed by atoms with Crippen LogP contribution in [0.3, 0.4) is 0 Å². The van der Waals surface area contributed by atoms with Crippen molar-refractivity contribution in [2.45, 2.75) is 45.4 Å². The number of nitrogens with zero attached hydrogens (tertiary/aromatic N) is 3. The first-order chi connectivity index (χ1) is 29.1. The van der Waals surface area contributed by atoms with Gasteiger partial charge in [-0.3, -0.25) is 9.55 Å². The van der Waals surface area contributed by atoms with Gasteiger partial charge in [-0.2, -0.15) is 0 Å². The smallest absolute Gasteiger partial charge is 0.148 e. The van der Waals surface area contributed by atoms with Gasteiger partial charge in [-0.05, 0) is 64.6 Å². The van der Waals surface area contributed by atoms with E-state index in [4.69, 9.17) is 14.4 Å². The van der Waals surface area contributed by atoms with Gasteiger partial charge in [0, 0.05) is 54.7 Å². The van der Waals surface area contributed by atoms with E-state index < -0.39 is 0 Å². The second-order valence-electron chi connectivity index (χ2n) is 17.1. The Bertz CT molecular complexity index is 3230. The van der Waals surface area contributed by atoms with Crippen molar-refractivity contribution in [1.82, 2.24) is 14.5 Å². The molecule has 0 saturated heterocycles. The molecule has 0 fully saturated rings. The van der Waals surface area contributed by atoms with Crippen LogP contribution < -0.4 is 0 Å². The van der Waals surface area contributed by atoms with Crippen LogP contribution in [0.5, 0.6) is 5.75 Å². The van der Waals surface area contributed by atoms with Crippen molar-refractivity contribution < 1.29 is 30.6 Å². The third-order valence-corrected chi connectivity index (χ3v) is 11.9. The molecule has 0 spiro atoms. The van der Waals surface area contributed by atoms with Crippen LogP contribution in [-0.4, -0.2) is 19.6 Å². The maximum Gasteiger partial charge on any atom is 0.148 e. The number of phenols is 1. The quantitative estimate of drug-likeness (QED) is 0.162. The summed E-state index contributed by atoms with van der Waals surface area (Å²) < 4.78 is 8.75. The molecule has 7 aromatic carbocycles. The van der Waals surface area contributed by atoms with Gasteiger partial charge < -0.3 is 9.52 Å². The van der Waals surface area contributed by atoms with Crippen LogP contribution in [-0.2, 0) is 31.9 Å². The Morgan fingerprint density at radius 3 is 2.05 bits per heavy atom. The first-order valence-electron chi connectivity index (χ1n) is 20.5. The molecule has 302 valence electrons. The fourth-order valence-corrected chi connectivity index (χ4v) is 8.52. The molecule has 3 heterocycles. The van der Waals surface area contributed by atoms with Gasteiger partial charge in [0.25, 0.3) is 0 Å². The molecule has 1 N–H and O–H groups in total. The Labute approximate surface area is 370 Å². The van der Waals surface area contributed by atoms with Crippen molar-refractivity contribution in [3.63, 3.8) is 0 Å². The predicted molar refractivity (Wildman–Crippen MR) is 246 cm³/mol. The molecule has 0 amide bonds. The fourth-order valence-electron chi connectivity index (χ4n) is 8.52. The van der Waals surface area contributed by atoms with Gasteiger partial charge in [0.2, 0.25) is 0 Å². The average Bonchev–Trinajstić information content (AvgIpc) is 3.85. The summed E-state index contributed by atoms with van der Waals surface area (Å²) in [5.41, 5.74) is 13.5. The number of benzene rings is 7. The van der Waals surface area contributed by atoms with Crippen molar-refractivity contribution in [3.05, 3.63) is 193 Å². The van der Waals surface area contributed by atoms with Crippen molar-refractivity contribution in [2.24, 2.45) is 0 Å². The summed E-state index contributed by atoms with van der Waals surface area (Å²) in [6.45, 7) is 11.2. The molecule has 0 aliphatic carbocycles. The second-order valence-corrected chi connectivity index (χ2v) is 17.1. The number of hydrogen-bond donors (Lipinski definition) is 1. The Balaban J connectivity index is 0.00000476. The number of phenolic OH excluding ortho intramolecular Hbond substituents is 1. The topological polar surface area (TPSA) is 64.1 Å². The van der Waals surface area contributed by atoms with Gasteiger partial charge >= 0.3 is 0 Å². The van der Waals surface area contributed by atoms with E-state index in [1.54, 1.807) is 6.07 Å². The monoisotopic (exact) mass is 973 g/mol. The summed E-state index contributed by atoms with van der Waals surface area (Å²) in [6, 6.07) is 60.1. The van der Waals surface area contributed by atoms with Gasteiger partial charge in [0.1, 0.15) is 22.7 Å². The van der Waals surface area contributed by atoms with E-state index in [2.05, 4.69) is 154 Å². The van der Waals surface area contributed by atoms with Crippen molar-refractivity contribution in [3.8, 4) is 56.3 Å². The summed E-state index contributed by atoms with van der Waals surface area (Å²) in [5, 5.41) is 13.5. The van der Waals surface area contributed by atoms with Crippen LogP contribution in [0.1, 0.15) is 51.3 Å². The first-order valence-corrected chi connectivity index (χ1v) is 20.5. The van der Waals surface area contributed by atoms with Crippen LogP contribution in [0.2, 0.25) is 0 Å². The molecule has 10 aromatic rings. The van der Waals surface area contributed by atoms with Crippen LogP contribution in [0, 0.1) is 6.07 Å². The first kappa shape index (κ1) is 39.9. The van der Waals surface area contributed by atoms with E-state index >= 15 is 0 Å². The molecule has 3 aromatic heterocycles. The minimum atomic E-state index is -0.380. The van der Waals surface area contributed by atoms with Gasteiger partial charge in [-0.15, -0.1) is 29.3 Å². The molecule has 61 heavy (non-hydrogen) atoms. The largest absolute Gasteiger partial charge is 0.507 e. The van der Waals surface area contributed by atoms with E-state index in [9.17, 15) is 5.11 Å². The standard InChI is InChI=1S/C55H44N3O2.Pt/c1-54(2,3)39-27-28-46(45(34-39)35-17-8-6-9-18-35)58-47-24-16-23-41(51(47)57-53(58)44-22-12-14-25-48(44)59)36-31-37(33-40(32-36)55(4,5)38-19-10-7-11-20-38)50-52-43(29-30-56-50)42-21-13-15-26-49(42)60-52;/h6-30,32-34,59H,1-5H3;/q-1;. The number of fused-ring (bicyclic) bond motifs is 4. The summed E-state index contributed by atoms with van der Waals surface area (Å²) in [5.74, 6) is 0.805. The molecular formula is C55H44N3O2Pt-. The van der Waals surface area contributed by atoms with Crippen LogP contribution in [0.15, 0.2) is 174 Å². The zero-order valence-corrected chi connectivity index (χ0v) is 37.0. The van der Waals surface area contributed by atoms with Crippen LogP contribution >= 0.6 is 0 Å². The van der Waals surface area contributed by atoms with Crippen molar-refractivity contribution in [1.29, 1.82) is 0 Å². The summed E-state index contributed by atoms with van der Waals surface area (Å²) in [6.07, 6.45) is 1.86. The fraction of sp³-hybridized carbons (Fsp3) is 0.127. The third-order valence-electron chi connectivity index (χ3n) is 11.9. The molecule has 0 bridgehead atoms. The van der Waals surface area contributed by atoms with Gasteiger partial charge in [-0.1, -0.05) is 155 Å². The summed E-state index contributed by atoms with van der Waals surface area (Å²) >= 11 is 0. The third kappa shape index (κ3) is 6.97. The number of rotatable bonds is 7. The predicted octanol–water partition coefficient (Wildman–Crippen LogP) is 14.1. The summed E-state index contributed by atoms with van der Waals surface area (Å²) in [4.78, 5) is 10.4. The van der Waals surface area contributed by atoms with Crippen LogP contribution in [0.25, 0.3) is 83.6 Å². The molecule has 0 radical (unpaired) electrons. The Hall–Kier alpha value is -6.55. The Morgan fingerprint density at radius 2 is 1.28 bits per heavy atom. The Kier molecular flexibility index (Phi) is 10.1. The zero-order chi connectivity index (χ0) is 41.2. The molecule has 0 aliphatic rings. The molecule has 0 aliphatic heterocycles. The number of aromatic nitrogens is 3. The zero-order valence-electron chi connectivity index (χ0n) is 34.7. The SMILES string of the molecule is CC(C)(C)c1ccc(-n2c(-c3ccccc3O)nc3c(-c4[c-]c(-c5nccc6c5oc5ccccc56)cc(C(C)(C)c5ccccc5)c4)cccc32)c(-c2ccccc2)c1.[Pt]. The van der Waals surface area contributed by atoms with Gasteiger partial charge in [0.05, 0.1) is 22.3 Å². The number of hydrogen-bond acceptors (Lipinski definition) is 4. The second kappa shape index (κ2) is 15.5. The van der Waals surface area contributed by atoms with E-state index in [0.29, 0.717) is 11.4 Å². The minimum absolute atomic E-state index is 0. The number of furan rings is 1. The molecular weight excluding hydrogens is 930 g/mol. The van der Waals surface area contributed by atoms with E-state index in [1.165, 1.54) is 11.1 Å². The van der Waals surface area contributed by atoms with Crippen LogP contribution in [0.4, 0.5) is 0 Å². The minimum Gasteiger partial charge on any atom is -0.507 e. The molecule has 10 rings (SSSR count). The Morgan fingerprint density at radius 1 is 0.590 bits per heavy atom. The normalized spacial score (nSPS) is 12.0. The van der Waals surface area contributed by atoms with E-state index in [1.807, 2.05) is 54.7 Å². The van der Waals surface area contributed by atoms with Gasteiger partial charge in [-0.25, -0.2) is 4.98 Å². The average molecular weight is 974 g/mol. The number of imidazole rings is 1. The van der Waals surface area contributed by atoms with E-state index in [-0.39, 0.29) is 37.6 Å². The number of para-hydroxylation sites is 3. The van der Waals surface area contributed by atoms with Crippen molar-refractivity contribution in [2.75, 3.05) is 0 Å². The maximum absolute atomic E-state index is 11.4. The molecule has 0 atom stereocenters. The molecule has 0 unspecified atom stereocenters. The van der Waals surface area contributed by atoms with E-state index in [0.717, 1.165) is 77.7 Å². The molecule has 6 heteroatoms. The number of pyridine rings is 1. The number of aromatic hydroxyl groups is 1. The maximum atomic E-state index is 11.4. The van der Waals surface area contributed by atoms with Crippen molar-refractivity contribution >= 4 is 33.0 Å². The molecule has 0 saturated carbocycles. The summed E-state index contributed by atoms with van der Waals surface area (Å²) in [7, 11) is 0. The molecule has 5 nitrogen and oxygen atoms in total.